The molecule has 0 radical (unpaired) electrons. The number of aryl methyl sites for hydroxylation is 2. The monoisotopic (exact) mass is 348 g/mol. The predicted molar refractivity (Wildman–Crippen MR) is 93.6 cm³/mol. The normalized spacial score (nSPS) is 17.7. The molecule has 4 rings (SSSR count). The SMILES string of the molecule is O=C(Nc1nc2c(s1)COCC2)c1cc2c(s1)CCCCCC2. The van der Waals surface area contributed by atoms with Gasteiger partial charge in [0.25, 0.3) is 5.91 Å². The number of thiazole rings is 1. The van der Waals surface area contributed by atoms with Gasteiger partial charge in [0, 0.05) is 11.3 Å². The Morgan fingerprint density at radius 2 is 1.96 bits per heavy atom. The van der Waals surface area contributed by atoms with E-state index in [0.717, 1.165) is 41.3 Å². The molecule has 2 aromatic rings. The maximum absolute atomic E-state index is 12.6. The van der Waals surface area contributed by atoms with E-state index >= 15 is 0 Å². The third-order valence-electron chi connectivity index (χ3n) is 4.44. The maximum atomic E-state index is 12.6. The van der Waals surface area contributed by atoms with Crippen LogP contribution in [-0.2, 0) is 30.6 Å². The topological polar surface area (TPSA) is 51.2 Å². The summed E-state index contributed by atoms with van der Waals surface area (Å²) in [6.45, 7) is 1.35. The van der Waals surface area contributed by atoms with Gasteiger partial charge in [0.1, 0.15) is 0 Å². The number of carbonyl (C=O) groups is 1. The van der Waals surface area contributed by atoms with E-state index in [1.807, 2.05) is 0 Å². The number of fused-ring (bicyclic) bond motifs is 2. The van der Waals surface area contributed by atoms with E-state index in [1.165, 1.54) is 47.5 Å². The smallest absolute Gasteiger partial charge is 0.267 e. The molecule has 23 heavy (non-hydrogen) atoms. The largest absolute Gasteiger partial charge is 0.375 e. The molecule has 2 aromatic heterocycles. The Morgan fingerprint density at radius 1 is 1.09 bits per heavy atom. The summed E-state index contributed by atoms with van der Waals surface area (Å²) in [6, 6.07) is 2.09. The van der Waals surface area contributed by atoms with Crippen molar-refractivity contribution >= 4 is 33.7 Å². The zero-order chi connectivity index (χ0) is 15.6. The number of nitrogens with one attached hydrogen (secondary N) is 1. The van der Waals surface area contributed by atoms with Crippen molar-refractivity contribution in [2.24, 2.45) is 0 Å². The number of aromatic nitrogens is 1. The highest BCUT2D eigenvalue weighted by molar-refractivity contribution is 7.16. The first-order valence-electron chi connectivity index (χ1n) is 8.29. The van der Waals surface area contributed by atoms with Crippen LogP contribution in [0.15, 0.2) is 6.07 Å². The third kappa shape index (κ3) is 3.34. The van der Waals surface area contributed by atoms with Gasteiger partial charge in [-0.1, -0.05) is 24.2 Å². The second-order valence-electron chi connectivity index (χ2n) is 6.12. The summed E-state index contributed by atoms with van der Waals surface area (Å²) < 4.78 is 5.44. The molecule has 1 amide bonds. The van der Waals surface area contributed by atoms with Crippen LogP contribution in [0.1, 0.15) is 56.4 Å². The minimum absolute atomic E-state index is 0.0197. The van der Waals surface area contributed by atoms with E-state index in [1.54, 1.807) is 11.3 Å². The second kappa shape index (κ2) is 6.71. The summed E-state index contributed by atoms with van der Waals surface area (Å²) >= 11 is 3.20. The summed E-state index contributed by atoms with van der Waals surface area (Å²) in [5.41, 5.74) is 2.46. The molecule has 4 nitrogen and oxygen atoms in total. The van der Waals surface area contributed by atoms with Crippen LogP contribution in [0.5, 0.6) is 0 Å². The van der Waals surface area contributed by atoms with Gasteiger partial charge in [-0.3, -0.25) is 10.1 Å². The van der Waals surface area contributed by atoms with Gasteiger partial charge in [0.2, 0.25) is 0 Å². The molecule has 3 heterocycles. The zero-order valence-corrected chi connectivity index (χ0v) is 14.7. The number of nitrogens with zero attached hydrogens (tertiary/aromatic N) is 1. The Balaban J connectivity index is 1.50. The first kappa shape index (κ1) is 15.3. The lowest BCUT2D eigenvalue weighted by molar-refractivity contribution is 0.103. The molecule has 0 atom stereocenters. The minimum Gasteiger partial charge on any atom is -0.375 e. The molecular formula is C17H20N2O2S2. The number of amides is 1. The lowest BCUT2D eigenvalue weighted by Crippen LogP contribution is -2.10. The molecular weight excluding hydrogens is 328 g/mol. The average molecular weight is 348 g/mol. The van der Waals surface area contributed by atoms with E-state index < -0.39 is 0 Å². The molecule has 0 unspecified atom stereocenters. The molecule has 0 fully saturated rings. The van der Waals surface area contributed by atoms with Crippen LogP contribution in [0, 0.1) is 0 Å². The van der Waals surface area contributed by atoms with Gasteiger partial charge in [-0.2, -0.15) is 0 Å². The van der Waals surface area contributed by atoms with Crippen LogP contribution in [-0.4, -0.2) is 17.5 Å². The highest BCUT2D eigenvalue weighted by atomic mass is 32.1. The van der Waals surface area contributed by atoms with Gasteiger partial charge in [0.15, 0.2) is 5.13 Å². The fourth-order valence-corrected chi connectivity index (χ4v) is 5.28. The van der Waals surface area contributed by atoms with Crippen molar-refractivity contribution in [3.8, 4) is 0 Å². The van der Waals surface area contributed by atoms with Gasteiger partial charge in [0.05, 0.1) is 28.7 Å². The molecule has 1 aliphatic carbocycles. The van der Waals surface area contributed by atoms with Crippen LogP contribution >= 0.6 is 22.7 Å². The van der Waals surface area contributed by atoms with Crippen LogP contribution in [0.3, 0.4) is 0 Å². The van der Waals surface area contributed by atoms with Crippen molar-refractivity contribution < 1.29 is 9.53 Å². The van der Waals surface area contributed by atoms with Gasteiger partial charge in [-0.15, -0.1) is 11.3 Å². The average Bonchev–Trinajstić information content (AvgIpc) is 3.10. The molecule has 0 saturated heterocycles. The van der Waals surface area contributed by atoms with Crippen molar-refractivity contribution in [3.63, 3.8) is 0 Å². The molecule has 122 valence electrons. The maximum Gasteiger partial charge on any atom is 0.267 e. The van der Waals surface area contributed by atoms with Gasteiger partial charge in [-0.05, 0) is 37.3 Å². The van der Waals surface area contributed by atoms with E-state index in [2.05, 4.69) is 16.4 Å². The summed E-state index contributed by atoms with van der Waals surface area (Å²) in [5.74, 6) is -0.0197. The Kier molecular flexibility index (Phi) is 4.46. The van der Waals surface area contributed by atoms with Crippen molar-refractivity contribution in [2.75, 3.05) is 11.9 Å². The second-order valence-corrected chi connectivity index (χ2v) is 8.34. The molecule has 2 aliphatic rings. The standard InChI is InChI=1S/C17H20N2O2S2/c20-16(19-17-18-12-7-8-21-10-15(12)23-17)14-9-11-5-3-1-2-4-6-13(11)22-14/h9H,1-8,10H2,(H,18,19,20). The van der Waals surface area contributed by atoms with Crippen molar-refractivity contribution in [1.29, 1.82) is 0 Å². The van der Waals surface area contributed by atoms with E-state index in [4.69, 9.17) is 4.74 Å². The Labute approximate surface area is 143 Å². The first-order valence-corrected chi connectivity index (χ1v) is 9.92. The number of carbonyl (C=O) groups excluding carboxylic acids is 1. The third-order valence-corrected chi connectivity index (χ3v) is 6.66. The minimum atomic E-state index is -0.0197. The number of hydrogen-bond acceptors (Lipinski definition) is 5. The van der Waals surface area contributed by atoms with Crippen molar-refractivity contribution in [2.45, 2.75) is 51.6 Å². The quantitative estimate of drug-likeness (QED) is 0.885. The van der Waals surface area contributed by atoms with E-state index in [-0.39, 0.29) is 5.91 Å². The molecule has 1 N–H and O–H groups in total. The summed E-state index contributed by atoms with van der Waals surface area (Å²) in [4.78, 5) is 20.5. The summed E-state index contributed by atoms with van der Waals surface area (Å²) in [7, 11) is 0. The Hall–Kier alpha value is -1.24. The summed E-state index contributed by atoms with van der Waals surface area (Å²) in [5, 5.41) is 3.68. The first-order chi connectivity index (χ1) is 11.3. The molecule has 1 aliphatic heterocycles. The highest BCUT2D eigenvalue weighted by Gasteiger charge is 2.19. The van der Waals surface area contributed by atoms with Crippen LogP contribution in [0.2, 0.25) is 0 Å². The van der Waals surface area contributed by atoms with Gasteiger partial charge >= 0.3 is 0 Å². The van der Waals surface area contributed by atoms with E-state index in [0.29, 0.717) is 11.7 Å². The zero-order valence-electron chi connectivity index (χ0n) is 13.0. The Morgan fingerprint density at radius 3 is 2.83 bits per heavy atom. The lowest BCUT2D eigenvalue weighted by atomic mass is 10.00. The number of anilines is 1. The van der Waals surface area contributed by atoms with Crippen molar-refractivity contribution in [1.82, 2.24) is 4.98 Å². The number of rotatable bonds is 2. The molecule has 0 saturated carbocycles. The van der Waals surface area contributed by atoms with Crippen molar-refractivity contribution in [3.05, 3.63) is 32.0 Å². The fraction of sp³-hybridized carbons (Fsp3) is 0.529. The summed E-state index contributed by atoms with van der Waals surface area (Å²) in [6.07, 6.45) is 8.18. The molecule has 0 spiro atoms. The molecule has 0 aromatic carbocycles. The van der Waals surface area contributed by atoms with Crippen LogP contribution in [0.25, 0.3) is 0 Å². The van der Waals surface area contributed by atoms with Gasteiger partial charge in [-0.25, -0.2) is 4.98 Å². The van der Waals surface area contributed by atoms with Crippen LogP contribution in [0.4, 0.5) is 5.13 Å². The fourth-order valence-electron chi connectivity index (χ4n) is 3.19. The number of ether oxygens (including phenoxy) is 1. The number of hydrogen-bond donors (Lipinski definition) is 1. The van der Waals surface area contributed by atoms with Gasteiger partial charge < -0.3 is 4.74 Å². The lowest BCUT2D eigenvalue weighted by Gasteiger charge is -2.08. The highest BCUT2D eigenvalue weighted by Crippen LogP contribution is 2.31. The van der Waals surface area contributed by atoms with E-state index in [9.17, 15) is 4.79 Å². The predicted octanol–water partition coefficient (Wildman–Crippen LogP) is 4.19. The molecule has 0 bridgehead atoms. The van der Waals surface area contributed by atoms with Crippen LogP contribution < -0.4 is 5.32 Å². The Bertz CT molecular complexity index is 671. The molecule has 6 heteroatoms. The number of thiophene rings is 1.